The Morgan fingerprint density at radius 2 is 1.69 bits per heavy atom. The topological polar surface area (TPSA) is 141 Å². The van der Waals surface area contributed by atoms with E-state index in [1.54, 1.807) is 23.9 Å². The van der Waals surface area contributed by atoms with Crippen LogP contribution in [0.2, 0.25) is 0 Å². The zero-order valence-corrected chi connectivity index (χ0v) is 26.8. The standard InChI is InChI=1S/C34H40N4O6S/c1-20(2)15-28(37-31(39)19-42-3)33(41)38-27(13-14-45-4)32(40)36-23-10-12-26-30(17-23)44-29-16-22(35)9-11-25(29)34(26)24-8-6-5-7-21(24)18-43-34/h5-12,16-17,20,27-28H,13-15,18-19,35H2,1-4H3,(H,36,40)(H,37,39)(H,38,41)/t27-,28-,34?/m0/s1. The Hall–Kier alpha value is -4.06. The average Bonchev–Trinajstić information content (AvgIpc) is 3.38. The SMILES string of the molecule is COCC(=O)N[C@@H](CC(C)C)C(=O)N[C@@H](CCSC)C(=O)Nc1ccc2c(c1)Oc1cc(N)ccc1C21OCc2ccccc21. The number of benzene rings is 3. The molecule has 0 fully saturated rings. The van der Waals surface area contributed by atoms with Crippen molar-refractivity contribution in [1.82, 2.24) is 10.6 Å². The summed E-state index contributed by atoms with van der Waals surface area (Å²) in [6.07, 6.45) is 2.76. The molecular formula is C34H40N4O6S. The lowest BCUT2D eigenvalue weighted by molar-refractivity contribution is -0.132. The number of hydrogen-bond donors (Lipinski definition) is 4. The summed E-state index contributed by atoms with van der Waals surface area (Å²) in [5.74, 6) is 0.709. The van der Waals surface area contributed by atoms with Gasteiger partial charge < -0.3 is 35.9 Å². The summed E-state index contributed by atoms with van der Waals surface area (Å²) >= 11 is 1.57. The Balaban J connectivity index is 1.41. The zero-order chi connectivity index (χ0) is 32.1. The second kappa shape index (κ2) is 13.9. The molecule has 1 unspecified atom stereocenters. The van der Waals surface area contributed by atoms with Crippen molar-refractivity contribution in [3.63, 3.8) is 0 Å². The van der Waals surface area contributed by atoms with Crippen LogP contribution in [0.15, 0.2) is 60.7 Å². The highest BCUT2D eigenvalue weighted by atomic mass is 32.2. The molecule has 3 aromatic rings. The van der Waals surface area contributed by atoms with Crippen molar-refractivity contribution in [2.45, 2.75) is 51.0 Å². The number of nitrogens with two attached hydrogens (primary N) is 1. The lowest BCUT2D eigenvalue weighted by atomic mass is 9.77. The highest BCUT2D eigenvalue weighted by molar-refractivity contribution is 7.98. The minimum absolute atomic E-state index is 0.136. The number of methoxy groups -OCH3 is 1. The van der Waals surface area contributed by atoms with E-state index in [1.165, 1.54) is 7.11 Å². The van der Waals surface area contributed by atoms with Gasteiger partial charge in [0.25, 0.3) is 0 Å². The zero-order valence-electron chi connectivity index (χ0n) is 26.0. The average molecular weight is 633 g/mol. The largest absolute Gasteiger partial charge is 0.456 e. The van der Waals surface area contributed by atoms with Gasteiger partial charge in [-0.1, -0.05) is 38.1 Å². The summed E-state index contributed by atoms with van der Waals surface area (Å²) in [7, 11) is 1.42. The second-order valence-electron chi connectivity index (χ2n) is 11.7. The third kappa shape index (κ3) is 6.80. The molecule has 3 atom stereocenters. The number of nitrogen functional groups attached to an aromatic ring is 1. The van der Waals surface area contributed by atoms with Gasteiger partial charge in [0.1, 0.15) is 30.2 Å². The summed E-state index contributed by atoms with van der Waals surface area (Å²) in [4.78, 5) is 39.2. The number of thioether (sulfide) groups is 1. The number of hydrogen-bond acceptors (Lipinski definition) is 8. The third-order valence-electron chi connectivity index (χ3n) is 7.95. The predicted octanol–water partition coefficient (Wildman–Crippen LogP) is 4.55. The van der Waals surface area contributed by atoms with Gasteiger partial charge in [0.2, 0.25) is 17.7 Å². The van der Waals surface area contributed by atoms with Gasteiger partial charge in [0.05, 0.1) is 6.61 Å². The van der Waals surface area contributed by atoms with Gasteiger partial charge in [-0.3, -0.25) is 14.4 Å². The highest BCUT2D eigenvalue weighted by Gasteiger charge is 2.49. The van der Waals surface area contributed by atoms with E-state index in [0.717, 1.165) is 22.3 Å². The quantitative estimate of drug-likeness (QED) is 0.213. The maximum atomic E-state index is 13.6. The number of fused-ring (bicyclic) bond motifs is 6. The van der Waals surface area contributed by atoms with E-state index in [2.05, 4.69) is 28.1 Å². The molecule has 0 aliphatic carbocycles. The van der Waals surface area contributed by atoms with Gasteiger partial charge >= 0.3 is 0 Å². The van der Waals surface area contributed by atoms with E-state index < -0.39 is 29.5 Å². The van der Waals surface area contributed by atoms with Gasteiger partial charge in [0, 0.05) is 41.7 Å². The first-order valence-corrected chi connectivity index (χ1v) is 16.4. The van der Waals surface area contributed by atoms with E-state index in [9.17, 15) is 14.4 Å². The maximum absolute atomic E-state index is 13.6. The van der Waals surface area contributed by atoms with Crippen LogP contribution in [0, 0.1) is 5.92 Å². The molecule has 10 nitrogen and oxygen atoms in total. The number of ether oxygens (including phenoxy) is 3. The number of anilines is 2. The summed E-state index contributed by atoms with van der Waals surface area (Å²) in [6.45, 7) is 4.21. The summed E-state index contributed by atoms with van der Waals surface area (Å²) in [5, 5.41) is 8.56. The van der Waals surface area contributed by atoms with Crippen molar-refractivity contribution in [2.24, 2.45) is 5.92 Å². The lowest BCUT2D eigenvalue weighted by Crippen LogP contribution is -2.53. The van der Waals surface area contributed by atoms with Crippen molar-refractivity contribution in [2.75, 3.05) is 36.8 Å². The van der Waals surface area contributed by atoms with Crippen LogP contribution in [0.3, 0.4) is 0 Å². The first-order valence-electron chi connectivity index (χ1n) is 15.0. The monoisotopic (exact) mass is 632 g/mol. The molecular weight excluding hydrogens is 592 g/mol. The molecule has 11 heteroatoms. The van der Waals surface area contributed by atoms with Crippen molar-refractivity contribution in [1.29, 1.82) is 0 Å². The van der Waals surface area contributed by atoms with Gasteiger partial charge in [0.15, 0.2) is 5.60 Å². The molecule has 5 rings (SSSR count). The second-order valence-corrected chi connectivity index (χ2v) is 12.7. The van der Waals surface area contributed by atoms with E-state index >= 15 is 0 Å². The van der Waals surface area contributed by atoms with Crippen molar-refractivity contribution in [3.05, 3.63) is 82.9 Å². The van der Waals surface area contributed by atoms with Crippen LogP contribution < -0.4 is 26.4 Å². The molecule has 0 saturated carbocycles. The van der Waals surface area contributed by atoms with Gasteiger partial charge in [-0.15, -0.1) is 0 Å². The van der Waals surface area contributed by atoms with Crippen LogP contribution in [0.1, 0.15) is 48.9 Å². The lowest BCUT2D eigenvalue weighted by Gasteiger charge is -2.37. The van der Waals surface area contributed by atoms with E-state index in [0.29, 0.717) is 48.1 Å². The molecule has 0 aromatic heterocycles. The molecule has 2 aliphatic rings. The van der Waals surface area contributed by atoms with Gasteiger partial charge in [-0.05, 0) is 66.2 Å². The van der Waals surface area contributed by atoms with Crippen LogP contribution in [-0.4, -0.2) is 55.5 Å². The smallest absolute Gasteiger partial charge is 0.246 e. The summed E-state index contributed by atoms with van der Waals surface area (Å²) in [5.41, 5.74) is 10.1. The minimum atomic E-state index is -0.886. The highest BCUT2D eigenvalue weighted by Crippen LogP contribution is 2.56. The van der Waals surface area contributed by atoms with Crippen LogP contribution in [0.4, 0.5) is 11.4 Å². The van der Waals surface area contributed by atoms with Crippen molar-refractivity contribution in [3.8, 4) is 11.5 Å². The molecule has 2 heterocycles. The summed E-state index contributed by atoms with van der Waals surface area (Å²) < 4.78 is 17.9. The van der Waals surface area contributed by atoms with E-state index in [1.807, 2.05) is 56.5 Å². The molecule has 1 spiro atoms. The third-order valence-corrected chi connectivity index (χ3v) is 8.60. The minimum Gasteiger partial charge on any atom is -0.456 e. The van der Waals surface area contributed by atoms with Gasteiger partial charge in [-0.2, -0.15) is 11.8 Å². The number of carbonyl (C=O) groups excluding carboxylic acids is 3. The van der Waals surface area contributed by atoms with Crippen molar-refractivity contribution < 1.29 is 28.6 Å². The van der Waals surface area contributed by atoms with E-state index in [4.69, 9.17) is 19.9 Å². The fourth-order valence-electron chi connectivity index (χ4n) is 5.93. The summed E-state index contributed by atoms with van der Waals surface area (Å²) in [6, 6.07) is 17.5. The molecule has 0 saturated heterocycles. The maximum Gasteiger partial charge on any atom is 0.246 e. The Labute approximate surface area is 267 Å². The Kier molecular flexibility index (Phi) is 10.0. The number of amides is 3. The predicted molar refractivity (Wildman–Crippen MR) is 175 cm³/mol. The van der Waals surface area contributed by atoms with Crippen molar-refractivity contribution >= 4 is 40.9 Å². The molecule has 45 heavy (non-hydrogen) atoms. The van der Waals surface area contributed by atoms with Crippen LogP contribution in [0.25, 0.3) is 0 Å². The fraction of sp³-hybridized carbons (Fsp3) is 0.382. The Morgan fingerprint density at radius 3 is 2.42 bits per heavy atom. The Bertz CT molecular complexity index is 1580. The number of nitrogens with one attached hydrogen (secondary N) is 3. The molecule has 238 valence electrons. The molecule has 3 aromatic carbocycles. The number of rotatable bonds is 12. The van der Waals surface area contributed by atoms with E-state index in [-0.39, 0.29) is 18.4 Å². The molecule has 3 amide bonds. The van der Waals surface area contributed by atoms with Crippen LogP contribution in [-0.2, 0) is 36.1 Å². The van der Waals surface area contributed by atoms with Crippen LogP contribution in [0.5, 0.6) is 11.5 Å². The first-order chi connectivity index (χ1) is 21.7. The number of carbonyl (C=O) groups is 3. The van der Waals surface area contributed by atoms with Crippen LogP contribution >= 0.6 is 11.8 Å². The first kappa shape index (κ1) is 32.3. The molecule has 0 bridgehead atoms. The molecule has 2 aliphatic heterocycles. The fourth-order valence-corrected chi connectivity index (χ4v) is 6.40. The van der Waals surface area contributed by atoms with Gasteiger partial charge in [-0.25, -0.2) is 0 Å². The molecule has 0 radical (unpaired) electrons. The molecule has 5 N–H and O–H groups in total. The Morgan fingerprint density at radius 1 is 0.956 bits per heavy atom. The normalized spacial score (nSPS) is 17.4.